The van der Waals surface area contributed by atoms with E-state index in [1.54, 1.807) is 0 Å². The quantitative estimate of drug-likeness (QED) is 0.738. The Morgan fingerprint density at radius 3 is 2.79 bits per heavy atom. The molecule has 19 heavy (non-hydrogen) atoms. The molecule has 0 bridgehead atoms. The minimum Gasteiger partial charge on any atom is -0.269 e. The maximum atomic E-state index is 4.18. The zero-order chi connectivity index (χ0) is 13.1. The Morgan fingerprint density at radius 1 is 1.26 bits per heavy atom. The van der Waals surface area contributed by atoms with Gasteiger partial charge in [0.25, 0.3) is 0 Å². The van der Waals surface area contributed by atoms with Crippen molar-refractivity contribution in [2.75, 3.05) is 0 Å². The number of hydrogen-bond donors (Lipinski definition) is 0. The predicted octanol–water partition coefficient (Wildman–Crippen LogP) is 5.05. The van der Waals surface area contributed by atoms with Crippen molar-refractivity contribution in [3.8, 4) is 11.1 Å². The van der Waals surface area contributed by atoms with Crippen LogP contribution in [0.3, 0.4) is 0 Å². The molecule has 1 nitrogen and oxygen atoms in total. The van der Waals surface area contributed by atoms with Crippen molar-refractivity contribution in [3.63, 3.8) is 0 Å². The molecule has 0 radical (unpaired) electrons. The number of nitrogens with zero attached hydrogens (tertiary/aromatic N) is 1. The van der Waals surface area contributed by atoms with Crippen LogP contribution in [0.15, 0.2) is 53.7 Å². The van der Waals surface area contributed by atoms with E-state index in [0.29, 0.717) is 5.92 Å². The van der Waals surface area contributed by atoms with Crippen LogP contribution in [0.4, 0.5) is 0 Å². The Kier molecular flexibility index (Phi) is 3.60. The molecule has 0 fully saturated rings. The zero-order valence-corrected chi connectivity index (χ0v) is 11.9. The fourth-order valence-corrected chi connectivity index (χ4v) is 3.63. The van der Waals surface area contributed by atoms with Crippen molar-refractivity contribution in [2.45, 2.75) is 25.7 Å². The minimum absolute atomic E-state index is 0.484. The second-order valence-electron chi connectivity index (χ2n) is 4.73. The van der Waals surface area contributed by atoms with E-state index in [9.17, 15) is 0 Å². The summed E-state index contributed by atoms with van der Waals surface area (Å²) in [6.07, 6.45) is 8.28. The van der Waals surface area contributed by atoms with Gasteiger partial charge in [0, 0.05) is 28.1 Å². The molecule has 1 unspecified atom stereocenters. The largest absolute Gasteiger partial charge is 0.269 e. The molecule has 2 heterocycles. The SMILES string of the molecule is CCc1cc(-c2ccccc2)c(C2C=CN=CC2)s1. The molecule has 1 aliphatic heterocycles. The summed E-state index contributed by atoms with van der Waals surface area (Å²) in [5.74, 6) is 0.484. The van der Waals surface area contributed by atoms with Gasteiger partial charge in [-0.2, -0.15) is 0 Å². The van der Waals surface area contributed by atoms with E-state index in [0.717, 1.165) is 12.8 Å². The Morgan fingerprint density at radius 2 is 2.11 bits per heavy atom. The molecule has 0 N–H and O–H groups in total. The summed E-state index contributed by atoms with van der Waals surface area (Å²) in [6, 6.07) is 13.1. The standard InChI is InChI=1S/C17H17NS/c1-2-15-12-16(13-6-4-3-5-7-13)17(19-15)14-8-10-18-11-9-14/h3-8,10-12,14H,2,9H2,1H3. The van der Waals surface area contributed by atoms with Gasteiger partial charge in [0.15, 0.2) is 0 Å². The molecule has 0 spiro atoms. The van der Waals surface area contributed by atoms with E-state index in [4.69, 9.17) is 0 Å². The lowest BCUT2D eigenvalue weighted by Crippen LogP contribution is -1.98. The number of benzene rings is 1. The third-order valence-corrected chi connectivity index (χ3v) is 4.86. The topological polar surface area (TPSA) is 12.4 Å². The van der Waals surface area contributed by atoms with Crippen LogP contribution in [0.1, 0.15) is 29.0 Å². The lowest BCUT2D eigenvalue weighted by molar-refractivity contribution is 0.911. The van der Waals surface area contributed by atoms with Crippen LogP contribution in [0, 0.1) is 0 Å². The first kappa shape index (κ1) is 12.4. The molecule has 96 valence electrons. The van der Waals surface area contributed by atoms with Gasteiger partial charge in [0.1, 0.15) is 0 Å². The fraction of sp³-hybridized carbons (Fsp3) is 0.235. The first-order chi connectivity index (χ1) is 9.38. The number of thiophene rings is 1. The van der Waals surface area contributed by atoms with E-state index >= 15 is 0 Å². The highest BCUT2D eigenvalue weighted by atomic mass is 32.1. The summed E-state index contributed by atoms with van der Waals surface area (Å²) in [5, 5.41) is 0. The predicted molar refractivity (Wildman–Crippen MR) is 84.1 cm³/mol. The molecule has 0 saturated heterocycles. The third kappa shape index (κ3) is 2.54. The Balaban J connectivity index is 2.05. The normalized spacial score (nSPS) is 17.8. The van der Waals surface area contributed by atoms with Crippen LogP contribution in [0.2, 0.25) is 0 Å². The summed E-state index contributed by atoms with van der Waals surface area (Å²) >= 11 is 1.95. The number of allylic oxidation sites excluding steroid dienone is 1. The molecule has 0 aliphatic carbocycles. The minimum atomic E-state index is 0.484. The third-order valence-electron chi connectivity index (χ3n) is 3.45. The molecule has 0 amide bonds. The number of aliphatic imine (C=N–C) groups is 1. The number of hydrogen-bond acceptors (Lipinski definition) is 2. The van der Waals surface area contributed by atoms with Crippen molar-refractivity contribution in [1.82, 2.24) is 0 Å². The first-order valence-electron chi connectivity index (χ1n) is 6.75. The van der Waals surface area contributed by atoms with Crippen molar-refractivity contribution in [1.29, 1.82) is 0 Å². The van der Waals surface area contributed by atoms with Gasteiger partial charge in [-0.3, -0.25) is 4.99 Å². The van der Waals surface area contributed by atoms with Gasteiger partial charge in [-0.15, -0.1) is 11.3 Å². The van der Waals surface area contributed by atoms with Crippen LogP contribution in [0.5, 0.6) is 0 Å². The molecule has 0 saturated carbocycles. The lowest BCUT2D eigenvalue weighted by atomic mass is 9.95. The van der Waals surface area contributed by atoms with Gasteiger partial charge in [-0.05, 0) is 30.0 Å². The Hall–Kier alpha value is -1.67. The molecule has 1 aliphatic rings. The molecule has 2 aromatic rings. The van der Waals surface area contributed by atoms with Crippen molar-refractivity contribution < 1.29 is 0 Å². The maximum absolute atomic E-state index is 4.18. The van der Waals surface area contributed by atoms with Gasteiger partial charge in [-0.25, -0.2) is 0 Å². The van der Waals surface area contributed by atoms with Crippen LogP contribution < -0.4 is 0 Å². The smallest absolute Gasteiger partial charge is 0.0230 e. The average molecular weight is 267 g/mol. The molecule has 3 rings (SSSR count). The fourth-order valence-electron chi connectivity index (χ4n) is 2.41. The summed E-state index contributed by atoms with van der Waals surface area (Å²) in [4.78, 5) is 7.12. The van der Waals surface area contributed by atoms with Crippen LogP contribution >= 0.6 is 11.3 Å². The van der Waals surface area contributed by atoms with Crippen molar-refractivity contribution in [3.05, 3.63) is 58.4 Å². The first-order valence-corrected chi connectivity index (χ1v) is 7.56. The maximum Gasteiger partial charge on any atom is 0.0230 e. The highest BCUT2D eigenvalue weighted by molar-refractivity contribution is 7.12. The van der Waals surface area contributed by atoms with E-state index < -0.39 is 0 Å². The van der Waals surface area contributed by atoms with E-state index in [1.807, 2.05) is 23.8 Å². The van der Waals surface area contributed by atoms with Crippen molar-refractivity contribution in [2.24, 2.45) is 4.99 Å². The summed E-state index contributed by atoms with van der Waals surface area (Å²) in [7, 11) is 0. The highest BCUT2D eigenvalue weighted by Crippen LogP contribution is 2.39. The Labute approximate surface area is 118 Å². The average Bonchev–Trinajstić information content (AvgIpc) is 2.93. The second kappa shape index (κ2) is 5.54. The monoisotopic (exact) mass is 267 g/mol. The van der Waals surface area contributed by atoms with Gasteiger partial charge in [0.05, 0.1) is 0 Å². The van der Waals surface area contributed by atoms with E-state index in [1.165, 1.54) is 20.9 Å². The molecule has 1 aromatic carbocycles. The van der Waals surface area contributed by atoms with E-state index in [2.05, 4.69) is 54.4 Å². The highest BCUT2D eigenvalue weighted by Gasteiger charge is 2.18. The summed E-state index contributed by atoms with van der Waals surface area (Å²) < 4.78 is 0. The van der Waals surface area contributed by atoms with Gasteiger partial charge in [-0.1, -0.05) is 43.3 Å². The number of rotatable bonds is 3. The molecule has 1 aromatic heterocycles. The summed E-state index contributed by atoms with van der Waals surface area (Å²) in [6.45, 7) is 2.22. The van der Waals surface area contributed by atoms with Gasteiger partial charge in [0.2, 0.25) is 0 Å². The van der Waals surface area contributed by atoms with Crippen LogP contribution in [-0.4, -0.2) is 6.21 Å². The lowest BCUT2D eigenvalue weighted by Gasteiger charge is -2.13. The Bertz CT molecular complexity index is 607. The number of aryl methyl sites for hydroxylation is 1. The second-order valence-corrected chi connectivity index (χ2v) is 5.89. The molecular formula is C17H17NS. The van der Waals surface area contributed by atoms with Crippen LogP contribution in [0.25, 0.3) is 11.1 Å². The van der Waals surface area contributed by atoms with Gasteiger partial charge < -0.3 is 0 Å². The zero-order valence-electron chi connectivity index (χ0n) is 11.0. The van der Waals surface area contributed by atoms with Gasteiger partial charge >= 0.3 is 0 Å². The molecular weight excluding hydrogens is 250 g/mol. The summed E-state index contributed by atoms with van der Waals surface area (Å²) in [5.41, 5.74) is 2.72. The molecule has 1 atom stereocenters. The van der Waals surface area contributed by atoms with Crippen LogP contribution in [-0.2, 0) is 6.42 Å². The van der Waals surface area contributed by atoms with Crippen molar-refractivity contribution >= 4 is 17.6 Å². The van der Waals surface area contributed by atoms with E-state index in [-0.39, 0.29) is 0 Å². The molecule has 2 heteroatoms.